The van der Waals surface area contributed by atoms with Crippen LogP contribution in [0.25, 0.3) is 0 Å². The smallest absolute Gasteiger partial charge is 0.304 e. The van der Waals surface area contributed by atoms with Gasteiger partial charge in [-0.25, -0.2) is 4.90 Å². The van der Waals surface area contributed by atoms with Gasteiger partial charge in [0.05, 0.1) is 0 Å². The molecule has 1 aliphatic heterocycles. The maximum atomic E-state index is 13.5. The SMILES string of the molecule is CN1CCN(C(F)(F)C(=C(F)F)C(F)(F)F)CC1. The predicted octanol–water partition coefficient (Wildman–Crippen LogP) is 2.54. The molecule has 0 aromatic rings. The number of halogens is 7. The molecule has 0 unspecified atom stereocenters. The molecule has 1 saturated heterocycles. The average molecular weight is 280 g/mol. The van der Waals surface area contributed by atoms with Gasteiger partial charge in [0.25, 0.3) is 6.08 Å². The first-order chi connectivity index (χ1) is 8.06. The molecule has 0 amide bonds. The molecule has 1 rings (SSSR count). The van der Waals surface area contributed by atoms with Gasteiger partial charge in [-0.1, -0.05) is 0 Å². The van der Waals surface area contributed by atoms with Crippen LogP contribution in [-0.2, 0) is 0 Å². The summed E-state index contributed by atoms with van der Waals surface area (Å²) in [5.74, 6) is 0. The van der Waals surface area contributed by atoms with Crippen molar-refractivity contribution in [1.82, 2.24) is 9.80 Å². The minimum absolute atomic E-state index is 0.0919. The summed E-state index contributed by atoms with van der Waals surface area (Å²) in [4.78, 5) is 1.74. The summed E-state index contributed by atoms with van der Waals surface area (Å²) in [5.41, 5.74) is -3.07. The van der Waals surface area contributed by atoms with Gasteiger partial charge in [-0.15, -0.1) is 0 Å². The molecule has 9 heteroatoms. The maximum absolute atomic E-state index is 13.5. The Hall–Kier alpha value is -0.830. The first kappa shape index (κ1) is 15.2. The molecule has 18 heavy (non-hydrogen) atoms. The molecule has 2 nitrogen and oxygen atoms in total. The van der Waals surface area contributed by atoms with E-state index >= 15 is 0 Å². The predicted molar refractivity (Wildman–Crippen MR) is 49.3 cm³/mol. The van der Waals surface area contributed by atoms with E-state index in [1.165, 1.54) is 0 Å². The van der Waals surface area contributed by atoms with Crippen LogP contribution >= 0.6 is 0 Å². The number of piperazine rings is 1. The van der Waals surface area contributed by atoms with Crippen LogP contribution in [-0.4, -0.2) is 55.2 Å². The molecule has 0 atom stereocenters. The third-order valence-electron chi connectivity index (χ3n) is 2.67. The minimum Gasteiger partial charge on any atom is -0.304 e. The van der Waals surface area contributed by atoms with Gasteiger partial charge in [0.2, 0.25) is 0 Å². The third-order valence-corrected chi connectivity index (χ3v) is 2.67. The van der Waals surface area contributed by atoms with Crippen LogP contribution in [0.5, 0.6) is 0 Å². The second kappa shape index (κ2) is 5.04. The summed E-state index contributed by atoms with van der Waals surface area (Å²) in [7, 11) is 1.60. The molecule has 0 saturated carbocycles. The Kier molecular flexibility index (Phi) is 4.26. The number of alkyl halides is 5. The topological polar surface area (TPSA) is 6.48 Å². The van der Waals surface area contributed by atoms with Crippen molar-refractivity contribution < 1.29 is 30.7 Å². The molecule has 106 valence electrons. The van der Waals surface area contributed by atoms with Gasteiger partial charge in [0, 0.05) is 26.2 Å². The van der Waals surface area contributed by atoms with Crippen LogP contribution in [0.1, 0.15) is 0 Å². The van der Waals surface area contributed by atoms with E-state index in [4.69, 9.17) is 0 Å². The standard InChI is InChI=1S/C9H11F7N2/c1-17-2-4-18(5-3-17)9(15,16)6(7(10)11)8(12,13)14/h2-5H2,1H3. The third kappa shape index (κ3) is 3.14. The fraction of sp³-hybridized carbons (Fsp3) is 0.778. The average Bonchev–Trinajstić information content (AvgIpc) is 2.14. The molecule has 0 aromatic heterocycles. The number of hydrogen-bond acceptors (Lipinski definition) is 2. The highest BCUT2D eigenvalue weighted by molar-refractivity contribution is 5.19. The van der Waals surface area contributed by atoms with Gasteiger partial charge in [0.15, 0.2) is 5.57 Å². The van der Waals surface area contributed by atoms with Crippen molar-refractivity contribution in [1.29, 1.82) is 0 Å². The molecular weight excluding hydrogens is 269 g/mol. The summed E-state index contributed by atoms with van der Waals surface area (Å²) in [6.07, 6.45) is -9.16. The summed E-state index contributed by atoms with van der Waals surface area (Å²) >= 11 is 0. The monoisotopic (exact) mass is 280 g/mol. The quantitative estimate of drug-likeness (QED) is 0.566. The number of rotatable bonds is 2. The van der Waals surface area contributed by atoms with E-state index in [1.54, 1.807) is 11.9 Å². The van der Waals surface area contributed by atoms with Crippen molar-refractivity contribution in [2.24, 2.45) is 0 Å². The van der Waals surface area contributed by atoms with Crippen LogP contribution in [0.3, 0.4) is 0 Å². The van der Waals surface area contributed by atoms with E-state index in [1.807, 2.05) is 0 Å². The number of likely N-dealkylation sites (N-methyl/N-ethyl adjacent to an activating group) is 1. The molecule has 0 aromatic carbocycles. The van der Waals surface area contributed by atoms with Crippen LogP contribution in [0.2, 0.25) is 0 Å². The Bertz CT molecular complexity index is 324. The lowest BCUT2D eigenvalue weighted by Crippen LogP contribution is -2.55. The molecular formula is C9H11F7N2. The van der Waals surface area contributed by atoms with Crippen LogP contribution in [0.15, 0.2) is 11.7 Å². The van der Waals surface area contributed by atoms with E-state index in [-0.39, 0.29) is 18.0 Å². The van der Waals surface area contributed by atoms with E-state index in [9.17, 15) is 30.7 Å². The van der Waals surface area contributed by atoms with Crippen molar-refractivity contribution in [3.63, 3.8) is 0 Å². The molecule has 0 N–H and O–H groups in total. The second-order valence-corrected chi connectivity index (χ2v) is 3.96. The Balaban J connectivity index is 3.00. The first-order valence-electron chi connectivity index (χ1n) is 5.01. The summed E-state index contributed by atoms with van der Waals surface area (Å²) in [5, 5.41) is 0. The molecule has 0 radical (unpaired) electrons. The van der Waals surface area contributed by atoms with Crippen LogP contribution < -0.4 is 0 Å². The molecule has 1 fully saturated rings. The number of hydrogen-bond donors (Lipinski definition) is 0. The zero-order chi connectivity index (χ0) is 14.1. The van der Waals surface area contributed by atoms with Crippen LogP contribution in [0, 0.1) is 0 Å². The van der Waals surface area contributed by atoms with E-state index in [0.29, 0.717) is 0 Å². The highest BCUT2D eigenvalue weighted by atomic mass is 19.4. The summed E-state index contributed by atoms with van der Waals surface area (Å²) in [6.45, 7) is -0.629. The van der Waals surface area contributed by atoms with Gasteiger partial charge in [0.1, 0.15) is 0 Å². The normalized spacial score (nSPS) is 20.0. The Morgan fingerprint density at radius 3 is 1.67 bits per heavy atom. The lowest BCUT2D eigenvalue weighted by molar-refractivity contribution is -0.189. The largest absolute Gasteiger partial charge is 0.425 e. The second-order valence-electron chi connectivity index (χ2n) is 3.96. The Morgan fingerprint density at radius 2 is 1.33 bits per heavy atom. The molecule has 0 aliphatic carbocycles. The van der Waals surface area contributed by atoms with Gasteiger partial charge < -0.3 is 4.90 Å². The van der Waals surface area contributed by atoms with Crippen LogP contribution in [0.4, 0.5) is 30.7 Å². The zero-order valence-corrected chi connectivity index (χ0v) is 9.37. The summed E-state index contributed by atoms with van der Waals surface area (Å²) in [6, 6.07) is -4.71. The maximum Gasteiger partial charge on any atom is 0.425 e. The van der Waals surface area contributed by atoms with E-state index in [2.05, 4.69) is 0 Å². The first-order valence-corrected chi connectivity index (χ1v) is 5.01. The van der Waals surface area contributed by atoms with Crippen molar-refractivity contribution in [3.8, 4) is 0 Å². The van der Waals surface area contributed by atoms with Crippen molar-refractivity contribution in [2.75, 3.05) is 33.2 Å². The summed E-state index contributed by atoms with van der Waals surface area (Å²) < 4.78 is 88.1. The molecule has 1 heterocycles. The molecule has 0 spiro atoms. The Labute approximate surface area is 98.6 Å². The number of nitrogens with zero attached hydrogens (tertiary/aromatic N) is 2. The van der Waals surface area contributed by atoms with Crippen molar-refractivity contribution >= 4 is 0 Å². The fourth-order valence-corrected chi connectivity index (χ4v) is 1.64. The van der Waals surface area contributed by atoms with E-state index in [0.717, 1.165) is 0 Å². The van der Waals surface area contributed by atoms with E-state index < -0.39 is 37.0 Å². The fourth-order valence-electron chi connectivity index (χ4n) is 1.64. The lowest BCUT2D eigenvalue weighted by atomic mass is 10.2. The van der Waals surface area contributed by atoms with Gasteiger partial charge >= 0.3 is 12.2 Å². The highest BCUT2D eigenvalue weighted by Gasteiger charge is 2.57. The Morgan fingerprint density at radius 1 is 0.889 bits per heavy atom. The van der Waals surface area contributed by atoms with Gasteiger partial charge in [-0.3, -0.25) is 0 Å². The lowest BCUT2D eigenvalue weighted by Gasteiger charge is -2.38. The van der Waals surface area contributed by atoms with Gasteiger partial charge in [-0.05, 0) is 7.05 Å². The highest BCUT2D eigenvalue weighted by Crippen LogP contribution is 2.42. The molecule has 0 bridgehead atoms. The minimum atomic E-state index is -5.76. The van der Waals surface area contributed by atoms with Crippen molar-refractivity contribution in [2.45, 2.75) is 12.2 Å². The van der Waals surface area contributed by atoms with Crippen molar-refractivity contribution in [3.05, 3.63) is 11.7 Å². The van der Waals surface area contributed by atoms with Gasteiger partial charge in [-0.2, -0.15) is 30.7 Å². The molecule has 1 aliphatic rings. The zero-order valence-electron chi connectivity index (χ0n) is 9.37.